The van der Waals surface area contributed by atoms with Crippen molar-refractivity contribution in [1.82, 2.24) is 15.6 Å². The Balaban J connectivity index is 1.68. The highest BCUT2D eigenvalue weighted by Gasteiger charge is 2.23. The maximum atomic E-state index is 12.8. The summed E-state index contributed by atoms with van der Waals surface area (Å²) in [6.07, 6.45) is 3.11. The van der Waals surface area contributed by atoms with Crippen molar-refractivity contribution in [3.8, 4) is 0 Å². The fraction of sp³-hybridized carbons (Fsp3) is 0.304. The molecule has 3 aromatic rings. The van der Waals surface area contributed by atoms with Crippen molar-refractivity contribution in [2.24, 2.45) is 5.92 Å². The number of carbonyl (C=O) groups excluding carboxylic acids is 2. The fourth-order valence-electron chi connectivity index (χ4n) is 3.17. The minimum atomic E-state index is -0.607. The molecule has 0 spiro atoms. The van der Waals surface area contributed by atoms with E-state index in [1.807, 2.05) is 74.6 Å². The van der Waals surface area contributed by atoms with Gasteiger partial charge < -0.3 is 15.6 Å². The van der Waals surface area contributed by atoms with Gasteiger partial charge in [-0.3, -0.25) is 9.59 Å². The normalized spacial score (nSPS) is 12.1. The van der Waals surface area contributed by atoms with Crippen LogP contribution in [0.1, 0.15) is 25.0 Å². The van der Waals surface area contributed by atoms with Crippen molar-refractivity contribution in [1.29, 1.82) is 0 Å². The van der Waals surface area contributed by atoms with Gasteiger partial charge in [-0.25, -0.2) is 0 Å². The third-order valence-electron chi connectivity index (χ3n) is 4.81. The second-order valence-corrected chi connectivity index (χ2v) is 7.31. The first-order valence-corrected chi connectivity index (χ1v) is 9.71. The van der Waals surface area contributed by atoms with Gasteiger partial charge in [-0.2, -0.15) is 0 Å². The molecule has 1 atom stereocenters. The number of hydrogen-bond donors (Lipinski definition) is 3. The summed E-state index contributed by atoms with van der Waals surface area (Å²) >= 11 is 0. The number of rotatable bonds is 8. The van der Waals surface area contributed by atoms with E-state index in [1.165, 1.54) is 5.56 Å². The topological polar surface area (TPSA) is 74.0 Å². The summed E-state index contributed by atoms with van der Waals surface area (Å²) in [5.74, 6) is -0.458. The van der Waals surface area contributed by atoms with Crippen LogP contribution in [0.15, 0.2) is 60.8 Å². The van der Waals surface area contributed by atoms with Crippen LogP contribution in [0, 0.1) is 5.92 Å². The molecule has 1 heterocycles. The van der Waals surface area contributed by atoms with Gasteiger partial charge in [0.05, 0.1) is 0 Å². The third-order valence-corrected chi connectivity index (χ3v) is 4.81. The smallest absolute Gasteiger partial charge is 0.242 e. The van der Waals surface area contributed by atoms with E-state index in [4.69, 9.17) is 0 Å². The molecule has 0 saturated carbocycles. The average Bonchev–Trinajstić information content (AvgIpc) is 3.11. The molecule has 0 aliphatic heterocycles. The SMILES string of the molecule is CC(C)C(=O)N[C@@H](Cc1c[nH]c2ccccc12)C(=O)NCCc1ccccc1. The predicted molar refractivity (Wildman–Crippen MR) is 112 cm³/mol. The second kappa shape index (κ2) is 9.22. The van der Waals surface area contributed by atoms with Crippen LogP contribution in [0.3, 0.4) is 0 Å². The van der Waals surface area contributed by atoms with Crippen molar-refractivity contribution in [3.05, 3.63) is 71.9 Å². The largest absolute Gasteiger partial charge is 0.361 e. The molecule has 5 heteroatoms. The fourth-order valence-corrected chi connectivity index (χ4v) is 3.17. The van der Waals surface area contributed by atoms with Gasteiger partial charge >= 0.3 is 0 Å². The zero-order valence-electron chi connectivity index (χ0n) is 16.4. The van der Waals surface area contributed by atoms with Gasteiger partial charge in [-0.05, 0) is 23.6 Å². The maximum absolute atomic E-state index is 12.8. The Morgan fingerprint density at radius 1 is 0.964 bits per heavy atom. The molecule has 0 saturated heterocycles. The molecule has 5 nitrogen and oxygen atoms in total. The van der Waals surface area contributed by atoms with Crippen LogP contribution in [0.5, 0.6) is 0 Å². The van der Waals surface area contributed by atoms with E-state index >= 15 is 0 Å². The van der Waals surface area contributed by atoms with Gasteiger partial charge in [0.2, 0.25) is 11.8 Å². The van der Waals surface area contributed by atoms with Crippen molar-refractivity contribution >= 4 is 22.7 Å². The Morgan fingerprint density at radius 2 is 1.68 bits per heavy atom. The zero-order valence-corrected chi connectivity index (χ0v) is 16.4. The number of amides is 2. The summed E-state index contributed by atoms with van der Waals surface area (Å²) in [6, 6.07) is 17.4. The molecule has 0 bridgehead atoms. The summed E-state index contributed by atoms with van der Waals surface area (Å²) in [4.78, 5) is 28.3. The number of benzene rings is 2. The second-order valence-electron chi connectivity index (χ2n) is 7.31. The first-order valence-electron chi connectivity index (χ1n) is 9.71. The number of para-hydroxylation sites is 1. The van der Waals surface area contributed by atoms with Gasteiger partial charge in [-0.1, -0.05) is 62.4 Å². The molecule has 2 aromatic carbocycles. The standard InChI is InChI=1S/C23H27N3O2/c1-16(2)22(27)26-21(14-18-15-25-20-11-7-6-10-19(18)20)23(28)24-13-12-17-8-4-3-5-9-17/h3-11,15-16,21,25H,12-14H2,1-2H3,(H,24,28)(H,26,27)/t21-/m0/s1. The van der Waals surface area contributed by atoms with Gasteiger partial charge in [0.25, 0.3) is 0 Å². The van der Waals surface area contributed by atoms with Gasteiger partial charge in [0.1, 0.15) is 6.04 Å². The minimum absolute atomic E-state index is 0.122. The molecule has 0 radical (unpaired) electrons. The van der Waals surface area contributed by atoms with Crippen LogP contribution < -0.4 is 10.6 Å². The molecule has 146 valence electrons. The van der Waals surface area contributed by atoms with E-state index in [-0.39, 0.29) is 17.7 Å². The average molecular weight is 377 g/mol. The van der Waals surface area contributed by atoms with E-state index in [0.717, 1.165) is 22.9 Å². The van der Waals surface area contributed by atoms with Crippen molar-refractivity contribution in [3.63, 3.8) is 0 Å². The molecule has 0 aliphatic rings. The number of carbonyl (C=O) groups is 2. The third kappa shape index (κ3) is 5.00. The Bertz CT molecular complexity index is 931. The molecule has 1 aromatic heterocycles. The minimum Gasteiger partial charge on any atom is -0.361 e. The lowest BCUT2D eigenvalue weighted by Crippen LogP contribution is -2.49. The van der Waals surface area contributed by atoms with E-state index in [9.17, 15) is 9.59 Å². The molecular weight excluding hydrogens is 350 g/mol. The highest BCUT2D eigenvalue weighted by Crippen LogP contribution is 2.19. The molecule has 28 heavy (non-hydrogen) atoms. The first-order chi connectivity index (χ1) is 13.5. The Labute approximate surface area is 165 Å². The Morgan fingerprint density at radius 3 is 2.43 bits per heavy atom. The molecule has 3 N–H and O–H groups in total. The van der Waals surface area contributed by atoms with Crippen molar-refractivity contribution < 1.29 is 9.59 Å². The van der Waals surface area contributed by atoms with E-state index in [2.05, 4.69) is 15.6 Å². The number of hydrogen-bond acceptors (Lipinski definition) is 2. The van der Waals surface area contributed by atoms with Crippen molar-refractivity contribution in [2.75, 3.05) is 6.54 Å². The lowest BCUT2D eigenvalue weighted by atomic mass is 10.0. The van der Waals surface area contributed by atoms with E-state index in [0.29, 0.717) is 13.0 Å². The lowest BCUT2D eigenvalue weighted by molar-refractivity contribution is -0.130. The number of aromatic amines is 1. The number of fused-ring (bicyclic) bond motifs is 1. The van der Waals surface area contributed by atoms with Crippen LogP contribution in [-0.2, 0) is 22.4 Å². The molecule has 0 unspecified atom stereocenters. The van der Waals surface area contributed by atoms with Crippen LogP contribution >= 0.6 is 0 Å². The maximum Gasteiger partial charge on any atom is 0.242 e. The van der Waals surface area contributed by atoms with Gasteiger partial charge in [0, 0.05) is 36.0 Å². The Kier molecular flexibility index (Phi) is 6.48. The summed E-state index contributed by atoms with van der Waals surface area (Å²) < 4.78 is 0. The molecule has 0 aliphatic carbocycles. The van der Waals surface area contributed by atoms with Crippen molar-refractivity contribution in [2.45, 2.75) is 32.7 Å². The van der Waals surface area contributed by atoms with Crippen LogP contribution in [-0.4, -0.2) is 29.4 Å². The zero-order chi connectivity index (χ0) is 19.9. The summed E-state index contributed by atoms with van der Waals surface area (Å²) in [7, 11) is 0. The number of H-pyrrole nitrogens is 1. The molecule has 0 fully saturated rings. The van der Waals surface area contributed by atoms with E-state index < -0.39 is 6.04 Å². The molecule has 3 rings (SSSR count). The van der Waals surface area contributed by atoms with Crippen LogP contribution in [0.4, 0.5) is 0 Å². The Hall–Kier alpha value is -3.08. The lowest BCUT2D eigenvalue weighted by Gasteiger charge is -2.19. The summed E-state index contributed by atoms with van der Waals surface area (Å²) in [5.41, 5.74) is 3.21. The monoisotopic (exact) mass is 377 g/mol. The first kappa shape index (κ1) is 19.7. The summed E-state index contributed by atoms with van der Waals surface area (Å²) in [5, 5.41) is 6.95. The van der Waals surface area contributed by atoms with Crippen LogP contribution in [0.2, 0.25) is 0 Å². The molecule has 2 amide bonds. The van der Waals surface area contributed by atoms with Crippen LogP contribution in [0.25, 0.3) is 10.9 Å². The molecular formula is C23H27N3O2. The highest BCUT2D eigenvalue weighted by atomic mass is 16.2. The predicted octanol–water partition coefficient (Wildman–Crippen LogP) is 3.21. The van der Waals surface area contributed by atoms with E-state index in [1.54, 1.807) is 0 Å². The van der Waals surface area contributed by atoms with Gasteiger partial charge in [-0.15, -0.1) is 0 Å². The van der Waals surface area contributed by atoms with Gasteiger partial charge in [0.15, 0.2) is 0 Å². The number of aromatic nitrogens is 1. The highest BCUT2D eigenvalue weighted by molar-refractivity contribution is 5.90. The number of nitrogens with one attached hydrogen (secondary N) is 3. The quantitative estimate of drug-likeness (QED) is 0.564. The summed E-state index contributed by atoms with van der Waals surface area (Å²) in [6.45, 7) is 4.18.